The van der Waals surface area contributed by atoms with Crippen molar-refractivity contribution in [2.45, 2.75) is 4.90 Å². The normalized spacial score (nSPS) is 17.3. The molecule has 0 atom stereocenters. The van der Waals surface area contributed by atoms with E-state index in [9.17, 15) is 26.4 Å². The molecular formula is C10H9F3N2O3S. The summed E-state index contributed by atoms with van der Waals surface area (Å²) in [5.41, 5.74) is 0. The molecule has 1 heterocycles. The average Bonchev–Trinajstić information content (AvgIpc) is 2.33. The Morgan fingerprint density at radius 2 is 1.74 bits per heavy atom. The van der Waals surface area contributed by atoms with Crippen molar-refractivity contribution < 1.29 is 26.4 Å². The molecule has 1 N–H and O–H groups in total. The molecule has 1 fully saturated rings. The fourth-order valence-electron chi connectivity index (χ4n) is 1.66. The summed E-state index contributed by atoms with van der Waals surface area (Å²) in [4.78, 5) is 10.1. The van der Waals surface area contributed by atoms with Gasteiger partial charge in [-0.3, -0.25) is 4.79 Å². The van der Waals surface area contributed by atoms with Gasteiger partial charge in [0.25, 0.3) is 0 Å². The lowest BCUT2D eigenvalue weighted by molar-refractivity contribution is -0.122. The average molecular weight is 294 g/mol. The lowest BCUT2D eigenvalue weighted by Gasteiger charge is -2.26. The van der Waals surface area contributed by atoms with Crippen LogP contribution in [0.15, 0.2) is 17.0 Å². The van der Waals surface area contributed by atoms with Crippen molar-refractivity contribution >= 4 is 15.9 Å². The number of amides is 1. The highest BCUT2D eigenvalue weighted by Crippen LogP contribution is 2.22. The first-order chi connectivity index (χ1) is 8.82. The smallest absolute Gasteiger partial charge is 0.246 e. The Hall–Kier alpha value is -1.61. The first kappa shape index (κ1) is 13.8. The number of nitrogens with one attached hydrogen (secondary N) is 1. The second-order valence-electron chi connectivity index (χ2n) is 3.89. The van der Waals surface area contributed by atoms with E-state index in [2.05, 4.69) is 5.32 Å². The highest BCUT2D eigenvalue weighted by molar-refractivity contribution is 7.89. The van der Waals surface area contributed by atoms with E-state index >= 15 is 0 Å². The van der Waals surface area contributed by atoms with Crippen LogP contribution in [0.3, 0.4) is 0 Å². The van der Waals surface area contributed by atoms with Crippen LogP contribution < -0.4 is 5.32 Å². The quantitative estimate of drug-likeness (QED) is 0.794. The SMILES string of the molecule is O=C1CN(S(=O)(=O)c2cc(F)c(F)cc2F)CCN1. The van der Waals surface area contributed by atoms with Crippen molar-refractivity contribution in [3.63, 3.8) is 0 Å². The molecule has 19 heavy (non-hydrogen) atoms. The minimum Gasteiger partial charge on any atom is -0.354 e. The van der Waals surface area contributed by atoms with E-state index in [4.69, 9.17) is 0 Å². The molecule has 2 rings (SSSR count). The molecule has 0 bridgehead atoms. The van der Waals surface area contributed by atoms with Gasteiger partial charge in [-0.15, -0.1) is 0 Å². The molecule has 104 valence electrons. The van der Waals surface area contributed by atoms with E-state index in [0.717, 1.165) is 0 Å². The van der Waals surface area contributed by atoms with E-state index < -0.39 is 44.8 Å². The summed E-state index contributed by atoms with van der Waals surface area (Å²) < 4.78 is 64.0. The molecule has 0 spiro atoms. The summed E-state index contributed by atoms with van der Waals surface area (Å²) in [6.45, 7) is -0.476. The number of sulfonamides is 1. The molecule has 1 amide bonds. The summed E-state index contributed by atoms with van der Waals surface area (Å²) in [5, 5.41) is 2.40. The zero-order valence-corrected chi connectivity index (χ0v) is 10.3. The maximum Gasteiger partial charge on any atom is 0.246 e. The number of rotatable bonds is 2. The van der Waals surface area contributed by atoms with Gasteiger partial charge in [0.05, 0.1) is 6.54 Å². The van der Waals surface area contributed by atoms with Gasteiger partial charge in [-0.25, -0.2) is 21.6 Å². The summed E-state index contributed by atoms with van der Waals surface area (Å²) >= 11 is 0. The van der Waals surface area contributed by atoms with Gasteiger partial charge in [0.2, 0.25) is 15.9 Å². The van der Waals surface area contributed by atoms with Gasteiger partial charge in [0, 0.05) is 19.2 Å². The van der Waals surface area contributed by atoms with Crippen molar-refractivity contribution in [3.05, 3.63) is 29.6 Å². The number of carbonyl (C=O) groups is 1. The Labute approximate surface area is 107 Å². The predicted octanol–water partition coefficient (Wildman–Crippen LogP) is 0.224. The van der Waals surface area contributed by atoms with Gasteiger partial charge in [0.15, 0.2) is 11.6 Å². The molecule has 9 heteroatoms. The van der Waals surface area contributed by atoms with E-state index in [0.29, 0.717) is 4.31 Å². The number of carbonyl (C=O) groups excluding carboxylic acids is 1. The molecule has 1 saturated heterocycles. The largest absolute Gasteiger partial charge is 0.354 e. The van der Waals surface area contributed by atoms with Crippen LogP contribution in [0.4, 0.5) is 13.2 Å². The van der Waals surface area contributed by atoms with Crippen LogP contribution >= 0.6 is 0 Å². The standard InChI is InChI=1S/C10H9F3N2O3S/c11-6-3-8(13)9(4-7(6)12)19(17,18)15-2-1-14-10(16)5-15/h3-4H,1-2,5H2,(H,14,16). The van der Waals surface area contributed by atoms with Crippen LogP contribution in [-0.2, 0) is 14.8 Å². The molecule has 5 nitrogen and oxygen atoms in total. The highest BCUT2D eigenvalue weighted by atomic mass is 32.2. The van der Waals surface area contributed by atoms with Gasteiger partial charge >= 0.3 is 0 Å². The van der Waals surface area contributed by atoms with Crippen LogP contribution in [0.25, 0.3) is 0 Å². The number of halogens is 3. The minimum atomic E-state index is -4.37. The van der Waals surface area contributed by atoms with Gasteiger partial charge in [-0.1, -0.05) is 0 Å². The van der Waals surface area contributed by atoms with Crippen LogP contribution in [0.2, 0.25) is 0 Å². The van der Waals surface area contributed by atoms with Crippen LogP contribution in [0.5, 0.6) is 0 Å². The number of piperazine rings is 1. The number of hydrogen-bond donors (Lipinski definition) is 1. The molecule has 1 aromatic rings. The zero-order valence-electron chi connectivity index (χ0n) is 9.49. The van der Waals surface area contributed by atoms with Crippen molar-refractivity contribution in [1.82, 2.24) is 9.62 Å². The van der Waals surface area contributed by atoms with Crippen molar-refractivity contribution in [3.8, 4) is 0 Å². The Balaban J connectivity index is 2.44. The lowest BCUT2D eigenvalue weighted by Crippen LogP contribution is -2.50. The molecule has 1 aliphatic heterocycles. The molecule has 0 aliphatic carbocycles. The first-order valence-electron chi connectivity index (χ1n) is 5.24. The second kappa shape index (κ2) is 4.82. The molecule has 1 aliphatic rings. The van der Waals surface area contributed by atoms with E-state index in [-0.39, 0.29) is 25.2 Å². The molecule has 1 aromatic carbocycles. The predicted molar refractivity (Wildman–Crippen MR) is 58.1 cm³/mol. The fraction of sp³-hybridized carbons (Fsp3) is 0.300. The van der Waals surface area contributed by atoms with Crippen molar-refractivity contribution in [2.75, 3.05) is 19.6 Å². The molecular weight excluding hydrogens is 285 g/mol. The van der Waals surface area contributed by atoms with E-state index in [1.54, 1.807) is 0 Å². The Morgan fingerprint density at radius 1 is 1.11 bits per heavy atom. The number of nitrogens with zero attached hydrogens (tertiary/aromatic N) is 1. The second-order valence-corrected chi connectivity index (χ2v) is 5.79. The summed E-state index contributed by atoms with van der Waals surface area (Å²) in [6.07, 6.45) is 0. The van der Waals surface area contributed by atoms with Gasteiger partial charge in [0.1, 0.15) is 10.7 Å². The third-order valence-electron chi connectivity index (χ3n) is 2.60. The first-order valence-corrected chi connectivity index (χ1v) is 6.68. The number of benzene rings is 1. The molecule has 0 saturated carbocycles. The molecule has 0 aromatic heterocycles. The maximum atomic E-state index is 13.5. The van der Waals surface area contributed by atoms with Gasteiger partial charge in [-0.05, 0) is 6.07 Å². The third-order valence-corrected chi connectivity index (χ3v) is 4.46. The maximum absolute atomic E-state index is 13.5. The number of hydrogen-bond acceptors (Lipinski definition) is 3. The minimum absolute atomic E-state index is 0.0630. The third kappa shape index (κ3) is 2.56. The van der Waals surface area contributed by atoms with Crippen molar-refractivity contribution in [1.29, 1.82) is 0 Å². The molecule has 0 radical (unpaired) electrons. The van der Waals surface area contributed by atoms with Crippen LogP contribution in [0.1, 0.15) is 0 Å². The fourth-order valence-corrected chi connectivity index (χ4v) is 3.12. The summed E-state index contributed by atoms with van der Waals surface area (Å²) in [5.74, 6) is -4.89. The lowest BCUT2D eigenvalue weighted by atomic mass is 10.3. The monoisotopic (exact) mass is 294 g/mol. The van der Waals surface area contributed by atoms with Crippen molar-refractivity contribution in [2.24, 2.45) is 0 Å². The Bertz CT molecular complexity index is 633. The van der Waals surface area contributed by atoms with Gasteiger partial charge in [-0.2, -0.15) is 4.31 Å². The summed E-state index contributed by atoms with van der Waals surface area (Å²) in [6, 6.07) is 0.429. The van der Waals surface area contributed by atoms with E-state index in [1.807, 2.05) is 0 Å². The zero-order chi connectivity index (χ0) is 14.2. The Kier molecular flexibility index (Phi) is 3.50. The molecule has 0 unspecified atom stereocenters. The van der Waals surface area contributed by atoms with E-state index in [1.165, 1.54) is 0 Å². The van der Waals surface area contributed by atoms with Crippen LogP contribution in [0, 0.1) is 17.5 Å². The highest BCUT2D eigenvalue weighted by Gasteiger charge is 2.32. The topological polar surface area (TPSA) is 66.5 Å². The summed E-state index contributed by atoms with van der Waals surface area (Å²) in [7, 11) is -4.37. The Morgan fingerprint density at radius 3 is 2.37 bits per heavy atom. The van der Waals surface area contributed by atoms with Gasteiger partial charge < -0.3 is 5.32 Å². The van der Waals surface area contributed by atoms with Crippen LogP contribution in [-0.4, -0.2) is 38.3 Å².